The molecule has 1 aromatic carbocycles. The number of benzene rings is 1. The molecule has 0 saturated heterocycles. The number of carbonyl (C=O) groups is 2. The molecule has 0 amide bonds. The lowest BCUT2D eigenvalue weighted by Crippen LogP contribution is -2.03. The van der Waals surface area contributed by atoms with Crippen molar-refractivity contribution in [2.75, 3.05) is 0 Å². The molecule has 1 N–H and O–H groups in total. The van der Waals surface area contributed by atoms with E-state index in [2.05, 4.69) is 0 Å². The second kappa shape index (κ2) is 4.22. The van der Waals surface area contributed by atoms with Crippen molar-refractivity contribution < 1.29 is 14.7 Å². The predicted octanol–water partition coefficient (Wildman–Crippen LogP) is 2.58. The van der Waals surface area contributed by atoms with E-state index in [1.807, 2.05) is 0 Å². The molecule has 0 aliphatic heterocycles. The highest BCUT2D eigenvalue weighted by atomic mass is 35.5. The highest BCUT2D eigenvalue weighted by molar-refractivity contribution is 6.31. The summed E-state index contributed by atoms with van der Waals surface area (Å²) in [5.41, 5.74) is 1.27. The lowest BCUT2D eigenvalue weighted by molar-refractivity contribution is -0.136. The molecule has 0 aliphatic carbocycles. The van der Waals surface area contributed by atoms with Crippen LogP contribution in [0.3, 0.4) is 0 Å². The molecule has 0 aliphatic rings. The minimum absolute atomic E-state index is 0.128. The summed E-state index contributed by atoms with van der Waals surface area (Å²) in [5.74, 6) is -1.10. The Morgan fingerprint density at radius 1 is 1.41 bits per heavy atom. The summed E-state index contributed by atoms with van der Waals surface area (Å²) in [7, 11) is 0. The number of carbonyl (C=O) groups excluding carboxylic acids is 1. The van der Waals surface area contributed by atoms with E-state index in [0.717, 1.165) is 0 Å². The van der Waals surface area contributed by atoms with E-state index >= 15 is 0 Å². The Kier molecular flexibility index (Phi) is 2.90. The number of aromatic nitrogens is 1. The molecule has 88 valence electrons. The van der Waals surface area contributed by atoms with Crippen molar-refractivity contribution in [1.29, 1.82) is 0 Å². The van der Waals surface area contributed by atoms with Crippen molar-refractivity contribution in [3.05, 3.63) is 35.0 Å². The largest absolute Gasteiger partial charge is 0.481 e. The van der Waals surface area contributed by atoms with Crippen molar-refractivity contribution >= 4 is 34.4 Å². The molecular formula is C12H10ClNO3. The Morgan fingerprint density at radius 3 is 2.71 bits per heavy atom. The smallest absolute Gasteiger partial charge is 0.307 e. The van der Waals surface area contributed by atoms with Crippen molar-refractivity contribution in [1.82, 2.24) is 4.57 Å². The van der Waals surface area contributed by atoms with Gasteiger partial charge in [-0.1, -0.05) is 11.6 Å². The molecule has 0 spiro atoms. The molecule has 0 bridgehead atoms. The Morgan fingerprint density at radius 2 is 2.12 bits per heavy atom. The number of carboxylic acid groups (broad SMARTS) is 1. The first kappa shape index (κ1) is 11.7. The maximum absolute atomic E-state index is 11.4. The average molecular weight is 252 g/mol. The van der Waals surface area contributed by atoms with Gasteiger partial charge in [-0.3, -0.25) is 14.2 Å². The highest BCUT2D eigenvalue weighted by Crippen LogP contribution is 2.25. The van der Waals surface area contributed by atoms with Crippen LogP contribution in [0.25, 0.3) is 10.9 Å². The van der Waals surface area contributed by atoms with Crippen molar-refractivity contribution in [3.8, 4) is 0 Å². The van der Waals surface area contributed by atoms with Crippen LogP contribution in [0.4, 0.5) is 0 Å². The minimum Gasteiger partial charge on any atom is -0.481 e. The second-order valence-corrected chi connectivity index (χ2v) is 4.21. The van der Waals surface area contributed by atoms with Gasteiger partial charge in [0, 0.05) is 23.5 Å². The quantitative estimate of drug-likeness (QED) is 0.892. The van der Waals surface area contributed by atoms with Crippen LogP contribution in [0.2, 0.25) is 5.02 Å². The monoisotopic (exact) mass is 251 g/mol. The Balaban J connectivity index is 2.70. The molecule has 1 heterocycles. The Hall–Kier alpha value is -1.81. The van der Waals surface area contributed by atoms with E-state index in [0.29, 0.717) is 21.5 Å². The van der Waals surface area contributed by atoms with Crippen molar-refractivity contribution in [2.24, 2.45) is 0 Å². The molecule has 5 heteroatoms. The van der Waals surface area contributed by atoms with Crippen LogP contribution in [0, 0.1) is 0 Å². The number of nitrogens with zero attached hydrogens (tertiary/aromatic N) is 1. The number of hydrogen-bond donors (Lipinski definition) is 1. The molecule has 0 saturated carbocycles. The molecule has 2 rings (SSSR count). The van der Waals surface area contributed by atoms with Gasteiger partial charge < -0.3 is 5.11 Å². The predicted molar refractivity (Wildman–Crippen MR) is 64.6 cm³/mol. The van der Waals surface area contributed by atoms with Crippen LogP contribution in [-0.2, 0) is 11.2 Å². The SMILES string of the molecule is CC(=O)n1cc(CC(=O)O)c2cc(Cl)ccc21. The van der Waals surface area contributed by atoms with Gasteiger partial charge >= 0.3 is 5.97 Å². The minimum atomic E-state index is -0.937. The van der Waals surface area contributed by atoms with E-state index in [4.69, 9.17) is 16.7 Å². The zero-order chi connectivity index (χ0) is 12.6. The van der Waals surface area contributed by atoms with Gasteiger partial charge in [0.25, 0.3) is 0 Å². The van der Waals surface area contributed by atoms with Gasteiger partial charge in [-0.25, -0.2) is 0 Å². The molecule has 0 radical (unpaired) electrons. The number of hydrogen-bond acceptors (Lipinski definition) is 2. The van der Waals surface area contributed by atoms with E-state index in [1.165, 1.54) is 11.5 Å². The summed E-state index contributed by atoms with van der Waals surface area (Å²) >= 11 is 5.87. The first-order valence-corrected chi connectivity index (χ1v) is 5.39. The summed E-state index contributed by atoms with van der Waals surface area (Å²) in [6.45, 7) is 1.43. The van der Waals surface area contributed by atoms with Crippen LogP contribution in [0.5, 0.6) is 0 Å². The van der Waals surface area contributed by atoms with E-state index in [-0.39, 0.29) is 12.3 Å². The van der Waals surface area contributed by atoms with Gasteiger partial charge in [0.05, 0.1) is 11.9 Å². The molecule has 17 heavy (non-hydrogen) atoms. The zero-order valence-electron chi connectivity index (χ0n) is 9.11. The number of aliphatic carboxylic acids is 1. The van der Waals surface area contributed by atoms with Gasteiger partial charge in [-0.05, 0) is 23.8 Å². The molecule has 0 atom stereocenters. The van der Waals surface area contributed by atoms with Crippen molar-refractivity contribution in [2.45, 2.75) is 13.3 Å². The Bertz CT molecular complexity index is 615. The van der Waals surface area contributed by atoms with Crippen LogP contribution < -0.4 is 0 Å². The molecule has 2 aromatic rings. The maximum atomic E-state index is 11.4. The van der Waals surface area contributed by atoms with Crippen LogP contribution in [0.1, 0.15) is 17.3 Å². The number of carboxylic acids is 1. The first-order valence-electron chi connectivity index (χ1n) is 5.01. The van der Waals surface area contributed by atoms with Crippen molar-refractivity contribution in [3.63, 3.8) is 0 Å². The highest BCUT2D eigenvalue weighted by Gasteiger charge is 2.13. The van der Waals surface area contributed by atoms with E-state index < -0.39 is 5.97 Å². The standard InChI is InChI=1S/C12H10ClNO3/c1-7(15)14-6-8(4-12(16)17)10-5-9(13)2-3-11(10)14/h2-3,5-6H,4H2,1H3,(H,16,17). The summed E-state index contributed by atoms with van der Waals surface area (Å²) in [5, 5.41) is 10.0. The van der Waals surface area contributed by atoms with Gasteiger partial charge in [0.2, 0.25) is 5.91 Å². The third-order valence-corrected chi connectivity index (χ3v) is 2.77. The van der Waals surface area contributed by atoms with Gasteiger partial charge in [0.15, 0.2) is 0 Å². The van der Waals surface area contributed by atoms with Crippen LogP contribution >= 0.6 is 11.6 Å². The maximum Gasteiger partial charge on any atom is 0.307 e. The van der Waals surface area contributed by atoms with Crippen LogP contribution in [0.15, 0.2) is 24.4 Å². The molecular weight excluding hydrogens is 242 g/mol. The molecule has 0 fully saturated rings. The molecule has 4 nitrogen and oxygen atoms in total. The fourth-order valence-corrected chi connectivity index (χ4v) is 2.01. The average Bonchev–Trinajstić information content (AvgIpc) is 2.56. The third-order valence-electron chi connectivity index (χ3n) is 2.53. The lowest BCUT2D eigenvalue weighted by Gasteiger charge is -1.98. The first-order chi connectivity index (χ1) is 7.99. The summed E-state index contributed by atoms with van der Waals surface area (Å²) in [4.78, 5) is 22.2. The fourth-order valence-electron chi connectivity index (χ4n) is 1.83. The second-order valence-electron chi connectivity index (χ2n) is 3.78. The summed E-state index contributed by atoms with van der Waals surface area (Å²) in [6.07, 6.45) is 1.43. The van der Waals surface area contributed by atoms with Gasteiger partial charge in [-0.15, -0.1) is 0 Å². The molecule has 1 aromatic heterocycles. The van der Waals surface area contributed by atoms with Gasteiger partial charge in [0.1, 0.15) is 0 Å². The lowest BCUT2D eigenvalue weighted by atomic mass is 10.1. The fraction of sp³-hybridized carbons (Fsp3) is 0.167. The van der Waals surface area contributed by atoms with Crippen LogP contribution in [-0.4, -0.2) is 21.6 Å². The summed E-state index contributed by atoms with van der Waals surface area (Å²) in [6, 6.07) is 5.06. The van der Waals surface area contributed by atoms with Gasteiger partial charge in [-0.2, -0.15) is 0 Å². The number of rotatable bonds is 2. The zero-order valence-corrected chi connectivity index (χ0v) is 9.86. The molecule has 0 unspecified atom stereocenters. The Labute approximate surface area is 102 Å². The normalized spacial score (nSPS) is 10.7. The topological polar surface area (TPSA) is 59.3 Å². The number of fused-ring (bicyclic) bond motifs is 1. The van der Waals surface area contributed by atoms with E-state index in [1.54, 1.807) is 24.4 Å². The summed E-state index contributed by atoms with van der Waals surface area (Å²) < 4.78 is 1.43. The number of halogens is 1. The third kappa shape index (κ3) is 2.17. The van der Waals surface area contributed by atoms with E-state index in [9.17, 15) is 9.59 Å².